The van der Waals surface area contributed by atoms with E-state index in [2.05, 4.69) is 17.6 Å². The molecule has 0 radical (unpaired) electrons. The van der Waals surface area contributed by atoms with Crippen molar-refractivity contribution in [1.82, 2.24) is 5.32 Å². The van der Waals surface area contributed by atoms with Crippen molar-refractivity contribution in [3.63, 3.8) is 0 Å². The SMILES string of the molecule is CCc1ccccc1NC(=O)CCCNCCOC.Cl. The largest absolute Gasteiger partial charge is 0.383 e. The maximum Gasteiger partial charge on any atom is 0.224 e. The van der Waals surface area contributed by atoms with E-state index in [1.807, 2.05) is 24.3 Å². The van der Waals surface area contributed by atoms with Gasteiger partial charge in [0.1, 0.15) is 0 Å². The van der Waals surface area contributed by atoms with E-state index in [9.17, 15) is 4.79 Å². The van der Waals surface area contributed by atoms with E-state index in [-0.39, 0.29) is 18.3 Å². The van der Waals surface area contributed by atoms with Gasteiger partial charge in [-0.2, -0.15) is 0 Å². The van der Waals surface area contributed by atoms with Gasteiger partial charge in [-0.25, -0.2) is 0 Å². The molecule has 0 aliphatic heterocycles. The van der Waals surface area contributed by atoms with Gasteiger partial charge in [-0.15, -0.1) is 12.4 Å². The second-order valence-corrected chi connectivity index (χ2v) is 4.41. The molecule has 20 heavy (non-hydrogen) atoms. The third kappa shape index (κ3) is 7.48. The highest BCUT2D eigenvalue weighted by atomic mass is 35.5. The Bertz CT molecular complexity index is 386. The summed E-state index contributed by atoms with van der Waals surface area (Å²) in [6, 6.07) is 7.94. The molecule has 0 saturated carbocycles. The van der Waals surface area contributed by atoms with Crippen LogP contribution in [0.2, 0.25) is 0 Å². The lowest BCUT2D eigenvalue weighted by molar-refractivity contribution is -0.116. The van der Waals surface area contributed by atoms with Crippen LogP contribution in [0.1, 0.15) is 25.3 Å². The number of halogens is 1. The molecule has 0 aliphatic rings. The molecular weight excluding hydrogens is 276 g/mol. The lowest BCUT2D eigenvalue weighted by Gasteiger charge is -2.09. The summed E-state index contributed by atoms with van der Waals surface area (Å²) in [6.45, 7) is 4.46. The lowest BCUT2D eigenvalue weighted by Crippen LogP contribution is -2.22. The fourth-order valence-electron chi connectivity index (χ4n) is 1.84. The van der Waals surface area contributed by atoms with E-state index in [1.165, 1.54) is 5.56 Å². The summed E-state index contributed by atoms with van der Waals surface area (Å²) < 4.78 is 4.93. The van der Waals surface area contributed by atoms with E-state index in [4.69, 9.17) is 4.74 Å². The van der Waals surface area contributed by atoms with Crippen LogP contribution >= 0.6 is 12.4 Å². The average molecular weight is 301 g/mol. The Balaban J connectivity index is 0.00000361. The van der Waals surface area contributed by atoms with Crippen molar-refractivity contribution in [2.45, 2.75) is 26.2 Å². The number of hydrogen-bond donors (Lipinski definition) is 2. The maximum atomic E-state index is 11.8. The molecule has 0 bridgehead atoms. The molecule has 2 N–H and O–H groups in total. The molecule has 0 aliphatic carbocycles. The van der Waals surface area contributed by atoms with Gasteiger partial charge in [-0.3, -0.25) is 4.79 Å². The van der Waals surface area contributed by atoms with Crippen LogP contribution in [-0.4, -0.2) is 32.7 Å². The third-order valence-corrected chi connectivity index (χ3v) is 2.91. The van der Waals surface area contributed by atoms with E-state index in [0.717, 1.165) is 31.6 Å². The minimum absolute atomic E-state index is 0. The zero-order valence-corrected chi connectivity index (χ0v) is 13.1. The third-order valence-electron chi connectivity index (χ3n) is 2.91. The monoisotopic (exact) mass is 300 g/mol. The molecule has 5 heteroatoms. The number of aryl methyl sites for hydroxylation is 1. The predicted octanol–water partition coefficient (Wildman–Crippen LogP) is 2.63. The second-order valence-electron chi connectivity index (χ2n) is 4.41. The van der Waals surface area contributed by atoms with Crippen molar-refractivity contribution in [3.05, 3.63) is 29.8 Å². The highest BCUT2D eigenvalue weighted by molar-refractivity contribution is 5.91. The molecular formula is C15H25ClN2O2. The first kappa shape index (κ1) is 18.9. The quantitative estimate of drug-likeness (QED) is 0.689. The van der Waals surface area contributed by atoms with Gasteiger partial charge in [0, 0.05) is 25.8 Å². The summed E-state index contributed by atoms with van der Waals surface area (Å²) in [4.78, 5) is 11.8. The van der Waals surface area contributed by atoms with Crippen molar-refractivity contribution < 1.29 is 9.53 Å². The molecule has 114 valence electrons. The number of carbonyl (C=O) groups is 1. The summed E-state index contributed by atoms with van der Waals surface area (Å²) in [5.41, 5.74) is 2.11. The summed E-state index contributed by atoms with van der Waals surface area (Å²) in [5.74, 6) is 0.0782. The molecule has 1 amide bonds. The fourth-order valence-corrected chi connectivity index (χ4v) is 1.84. The molecule has 4 nitrogen and oxygen atoms in total. The number of methoxy groups -OCH3 is 1. The van der Waals surface area contributed by atoms with Gasteiger partial charge in [-0.05, 0) is 31.0 Å². The van der Waals surface area contributed by atoms with Crippen LogP contribution in [0.25, 0.3) is 0 Å². The van der Waals surface area contributed by atoms with E-state index in [1.54, 1.807) is 7.11 Å². The van der Waals surface area contributed by atoms with Gasteiger partial charge in [0.05, 0.1) is 6.61 Å². The lowest BCUT2D eigenvalue weighted by atomic mass is 10.1. The van der Waals surface area contributed by atoms with Crippen LogP contribution in [0.5, 0.6) is 0 Å². The molecule has 1 rings (SSSR count). The smallest absolute Gasteiger partial charge is 0.224 e. The minimum Gasteiger partial charge on any atom is -0.383 e. The Kier molecular flexibility index (Phi) is 11.1. The Morgan fingerprint density at radius 3 is 2.70 bits per heavy atom. The first-order valence-corrected chi connectivity index (χ1v) is 6.85. The minimum atomic E-state index is 0. The van der Waals surface area contributed by atoms with E-state index < -0.39 is 0 Å². The number of anilines is 1. The van der Waals surface area contributed by atoms with E-state index in [0.29, 0.717) is 13.0 Å². The summed E-state index contributed by atoms with van der Waals surface area (Å²) in [7, 11) is 1.68. The number of para-hydroxylation sites is 1. The molecule has 0 heterocycles. The molecule has 0 saturated heterocycles. The number of ether oxygens (including phenoxy) is 1. The highest BCUT2D eigenvalue weighted by Gasteiger charge is 2.04. The number of nitrogens with one attached hydrogen (secondary N) is 2. The van der Waals surface area contributed by atoms with Crippen molar-refractivity contribution in [2.75, 3.05) is 32.1 Å². The van der Waals surface area contributed by atoms with Crippen molar-refractivity contribution >= 4 is 24.0 Å². The van der Waals surface area contributed by atoms with Crippen molar-refractivity contribution in [1.29, 1.82) is 0 Å². The van der Waals surface area contributed by atoms with Crippen molar-refractivity contribution in [2.24, 2.45) is 0 Å². The second kappa shape index (κ2) is 11.7. The number of rotatable bonds is 9. The Hall–Kier alpha value is -1.10. The topological polar surface area (TPSA) is 50.4 Å². The number of hydrogen-bond acceptors (Lipinski definition) is 3. The van der Waals surface area contributed by atoms with Gasteiger partial charge in [-0.1, -0.05) is 25.1 Å². The highest BCUT2D eigenvalue weighted by Crippen LogP contribution is 2.15. The van der Waals surface area contributed by atoms with Crippen LogP contribution in [-0.2, 0) is 16.0 Å². The van der Waals surface area contributed by atoms with Crippen LogP contribution in [0.3, 0.4) is 0 Å². The number of benzene rings is 1. The van der Waals surface area contributed by atoms with E-state index >= 15 is 0 Å². The first-order valence-electron chi connectivity index (χ1n) is 6.85. The van der Waals surface area contributed by atoms with Gasteiger partial charge in [0.2, 0.25) is 5.91 Å². The van der Waals surface area contributed by atoms with Gasteiger partial charge < -0.3 is 15.4 Å². The number of carbonyl (C=O) groups excluding carboxylic acids is 1. The Morgan fingerprint density at radius 1 is 1.25 bits per heavy atom. The maximum absolute atomic E-state index is 11.8. The molecule has 0 aromatic heterocycles. The van der Waals surface area contributed by atoms with Crippen molar-refractivity contribution in [3.8, 4) is 0 Å². The van der Waals surface area contributed by atoms with Crippen LogP contribution in [0.15, 0.2) is 24.3 Å². The molecule has 1 aromatic carbocycles. The molecule has 0 spiro atoms. The molecule has 0 fully saturated rings. The van der Waals surface area contributed by atoms with Crippen LogP contribution in [0, 0.1) is 0 Å². The Morgan fingerprint density at radius 2 is 2.00 bits per heavy atom. The summed E-state index contributed by atoms with van der Waals surface area (Å²) in [6.07, 6.45) is 2.30. The predicted molar refractivity (Wildman–Crippen MR) is 85.7 cm³/mol. The van der Waals surface area contributed by atoms with Crippen LogP contribution < -0.4 is 10.6 Å². The fraction of sp³-hybridized carbons (Fsp3) is 0.533. The first-order chi connectivity index (χ1) is 9.27. The zero-order chi connectivity index (χ0) is 13.9. The standard InChI is InChI=1S/C15H24N2O2.ClH/c1-3-13-7-4-5-8-14(13)17-15(18)9-6-10-16-11-12-19-2;/h4-5,7-8,16H,3,6,9-12H2,1-2H3,(H,17,18);1H. The summed E-state index contributed by atoms with van der Waals surface area (Å²) >= 11 is 0. The molecule has 1 aromatic rings. The van der Waals surface area contributed by atoms with Crippen LogP contribution in [0.4, 0.5) is 5.69 Å². The summed E-state index contributed by atoms with van der Waals surface area (Å²) in [5, 5.41) is 6.20. The molecule has 0 atom stereocenters. The van der Waals surface area contributed by atoms with Gasteiger partial charge >= 0.3 is 0 Å². The molecule has 0 unspecified atom stereocenters. The Labute approximate surface area is 127 Å². The normalized spacial score (nSPS) is 9.90. The number of amides is 1. The average Bonchev–Trinajstić information content (AvgIpc) is 2.43. The van der Waals surface area contributed by atoms with Gasteiger partial charge in [0.15, 0.2) is 0 Å². The zero-order valence-electron chi connectivity index (χ0n) is 12.3. The van der Waals surface area contributed by atoms with Gasteiger partial charge in [0.25, 0.3) is 0 Å².